The lowest BCUT2D eigenvalue weighted by Gasteiger charge is -2.43. The van der Waals surface area contributed by atoms with E-state index in [1.165, 1.54) is 11.1 Å². The van der Waals surface area contributed by atoms with Crippen LogP contribution in [0.4, 0.5) is 4.79 Å². The van der Waals surface area contributed by atoms with Crippen molar-refractivity contribution < 1.29 is 14.1 Å². The Morgan fingerprint density at radius 3 is 2.32 bits per heavy atom. The highest BCUT2D eigenvalue weighted by molar-refractivity contribution is 7.90. The van der Waals surface area contributed by atoms with Gasteiger partial charge in [0.05, 0.1) is 6.04 Å². The molecule has 1 aromatic rings. The van der Waals surface area contributed by atoms with E-state index in [2.05, 4.69) is 54.0 Å². The van der Waals surface area contributed by atoms with Crippen molar-refractivity contribution >= 4 is 25.5 Å². The first-order valence-corrected chi connectivity index (χ1v) is 17.0. The molecular formula is C27H42N2O3SSi. The van der Waals surface area contributed by atoms with Crippen molar-refractivity contribution in [3.05, 3.63) is 34.9 Å². The van der Waals surface area contributed by atoms with E-state index < -0.39 is 25.0 Å². The molecule has 1 heterocycles. The molecule has 1 aromatic carbocycles. The van der Waals surface area contributed by atoms with Gasteiger partial charge in [-0.2, -0.15) is 0 Å². The third-order valence-electron chi connectivity index (χ3n) is 6.38. The fraction of sp³-hybridized carbons (Fsp3) is 0.667. The summed E-state index contributed by atoms with van der Waals surface area (Å²) in [5.41, 5.74) is 6.46. The lowest BCUT2D eigenvalue weighted by molar-refractivity contribution is 0.00716. The Bertz CT molecular complexity index is 971. The summed E-state index contributed by atoms with van der Waals surface area (Å²) in [6.45, 7) is 19.7. The van der Waals surface area contributed by atoms with Crippen LogP contribution >= 0.6 is 0 Å². The molecule has 1 aliphatic carbocycles. The van der Waals surface area contributed by atoms with Crippen molar-refractivity contribution in [1.29, 1.82) is 0 Å². The largest absolute Gasteiger partial charge is 0.598 e. The van der Waals surface area contributed by atoms with Crippen molar-refractivity contribution in [2.75, 3.05) is 13.1 Å². The van der Waals surface area contributed by atoms with Crippen LogP contribution in [0.25, 0.3) is 0 Å². The maximum absolute atomic E-state index is 13.2. The summed E-state index contributed by atoms with van der Waals surface area (Å²) in [6.07, 6.45) is 2.35. The van der Waals surface area contributed by atoms with Crippen LogP contribution in [0.2, 0.25) is 19.6 Å². The molecule has 188 valence electrons. The number of rotatable bonds is 2. The Hall–Kier alpha value is -1.46. The van der Waals surface area contributed by atoms with Gasteiger partial charge in [0, 0.05) is 35.4 Å². The van der Waals surface area contributed by atoms with E-state index in [9.17, 15) is 9.35 Å². The number of hydrogen-bond donors (Lipinski definition) is 1. The third-order valence-corrected chi connectivity index (χ3v) is 8.82. The van der Waals surface area contributed by atoms with Gasteiger partial charge in [-0.3, -0.25) is 0 Å². The van der Waals surface area contributed by atoms with Crippen LogP contribution in [0.15, 0.2) is 18.2 Å². The van der Waals surface area contributed by atoms with Gasteiger partial charge in [0.2, 0.25) is 0 Å². The summed E-state index contributed by atoms with van der Waals surface area (Å²) >= 11 is -1.19. The molecule has 2 aliphatic rings. The van der Waals surface area contributed by atoms with Crippen molar-refractivity contribution in [1.82, 2.24) is 9.62 Å². The first kappa shape index (κ1) is 27.1. The molecule has 3 rings (SSSR count). The minimum atomic E-state index is -1.46. The molecule has 1 amide bonds. The fourth-order valence-corrected chi connectivity index (χ4v) is 6.05. The van der Waals surface area contributed by atoms with Gasteiger partial charge in [0.25, 0.3) is 0 Å². The summed E-state index contributed by atoms with van der Waals surface area (Å²) in [6, 6.07) is 6.50. The number of carbonyl (C=O) groups is 1. The number of benzene rings is 1. The number of nitrogens with one attached hydrogen (secondary N) is 1. The van der Waals surface area contributed by atoms with Gasteiger partial charge in [-0.15, -0.1) is 10.3 Å². The predicted octanol–water partition coefficient (Wildman–Crippen LogP) is 5.58. The number of carbonyl (C=O) groups excluding carboxylic acids is 1. The number of hydrogen-bond acceptors (Lipinski definition) is 4. The van der Waals surface area contributed by atoms with Gasteiger partial charge in [-0.05, 0) is 84.1 Å². The molecule has 1 fully saturated rings. The monoisotopic (exact) mass is 502 g/mol. The van der Waals surface area contributed by atoms with Gasteiger partial charge >= 0.3 is 6.09 Å². The van der Waals surface area contributed by atoms with Crippen LogP contribution in [-0.2, 0) is 22.5 Å². The topological polar surface area (TPSA) is 64.6 Å². The minimum absolute atomic E-state index is 0.0117. The second kappa shape index (κ2) is 9.53. The molecule has 1 N–H and O–H groups in total. The van der Waals surface area contributed by atoms with Crippen LogP contribution in [0.1, 0.15) is 77.1 Å². The molecule has 1 aliphatic heterocycles. The van der Waals surface area contributed by atoms with Crippen molar-refractivity contribution in [2.45, 2.75) is 96.8 Å². The van der Waals surface area contributed by atoms with Gasteiger partial charge in [-0.1, -0.05) is 31.6 Å². The zero-order valence-corrected chi connectivity index (χ0v) is 24.2. The SMILES string of the molecule is CC(C)(C)OC(=O)N1CCC2(CC1)Cc1cc(C#C[Si](C)(C)C)ccc1[C@H]2N[S+]([O-])C(C)(C)C. The van der Waals surface area contributed by atoms with Crippen molar-refractivity contribution in [2.24, 2.45) is 5.41 Å². The van der Waals surface area contributed by atoms with E-state index in [1.807, 2.05) is 46.4 Å². The normalized spacial score (nSPS) is 21.0. The first-order valence-electron chi connectivity index (χ1n) is 12.3. The molecule has 2 atom stereocenters. The predicted molar refractivity (Wildman–Crippen MR) is 144 cm³/mol. The zero-order valence-electron chi connectivity index (χ0n) is 22.4. The van der Waals surface area contributed by atoms with Crippen LogP contribution < -0.4 is 4.72 Å². The van der Waals surface area contributed by atoms with Gasteiger partial charge in [0.15, 0.2) is 0 Å². The Kier molecular flexibility index (Phi) is 7.61. The van der Waals surface area contributed by atoms with E-state index in [1.54, 1.807) is 0 Å². The highest BCUT2D eigenvalue weighted by Gasteiger charge is 2.51. The number of amides is 1. The average molecular weight is 503 g/mol. The Balaban J connectivity index is 1.88. The van der Waals surface area contributed by atoms with E-state index in [-0.39, 0.29) is 22.3 Å². The molecule has 1 spiro atoms. The molecule has 0 aromatic heterocycles. The van der Waals surface area contributed by atoms with Crippen LogP contribution in [-0.4, -0.2) is 47.1 Å². The number of piperidine rings is 1. The number of likely N-dealkylation sites (tertiary alicyclic amines) is 1. The second-order valence-electron chi connectivity index (χ2n) is 12.9. The third kappa shape index (κ3) is 6.60. The lowest BCUT2D eigenvalue weighted by Crippen LogP contribution is -2.51. The number of ether oxygens (including phenoxy) is 1. The summed E-state index contributed by atoms with van der Waals surface area (Å²) < 4.78 is 21.9. The van der Waals surface area contributed by atoms with E-state index in [0.717, 1.165) is 24.8 Å². The van der Waals surface area contributed by atoms with Crippen LogP contribution in [0, 0.1) is 16.9 Å². The van der Waals surface area contributed by atoms with E-state index in [4.69, 9.17) is 4.74 Å². The van der Waals surface area contributed by atoms with Crippen molar-refractivity contribution in [3.8, 4) is 11.5 Å². The molecular weight excluding hydrogens is 460 g/mol. The number of nitrogens with zero attached hydrogens (tertiary/aromatic N) is 1. The maximum atomic E-state index is 13.2. The Labute approximate surface area is 210 Å². The molecule has 0 saturated carbocycles. The van der Waals surface area contributed by atoms with Gasteiger partial charge in [-0.25, -0.2) is 4.79 Å². The van der Waals surface area contributed by atoms with Crippen molar-refractivity contribution in [3.63, 3.8) is 0 Å². The first-order chi connectivity index (χ1) is 15.5. The molecule has 7 heteroatoms. The standard InChI is InChI=1S/C27H42N2O3SSi/c1-25(2,3)32-24(30)29-15-13-27(14-16-29)19-21-18-20(12-17-34(7,8)9)10-11-22(21)23(27)28-33(31)26(4,5)6/h10-11,18,23,28H,13-16,19H2,1-9H3/t23-,33?/m1/s1. The lowest BCUT2D eigenvalue weighted by atomic mass is 9.73. The Morgan fingerprint density at radius 1 is 1.18 bits per heavy atom. The molecule has 5 nitrogen and oxygen atoms in total. The molecule has 1 unspecified atom stereocenters. The van der Waals surface area contributed by atoms with Gasteiger partial charge in [0.1, 0.15) is 18.4 Å². The fourth-order valence-electron chi connectivity index (χ4n) is 4.59. The summed E-state index contributed by atoms with van der Waals surface area (Å²) in [5.74, 6) is 3.39. The zero-order chi connectivity index (χ0) is 25.5. The number of fused-ring (bicyclic) bond motifs is 1. The van der Waals surface area contributed by atoms with E-state index in [0.29, 0.717) is 13.1 Å². The Morgan fingerprint density at radius 2 is 1.79 bits per heavy atom. The minimum Gasteiger partial charge on any atom is -0.598 e. The second-order valence-corrected chi connectivity index (χ2v) is 19.6. The molecule has 0 radical (unpaired) electrons. The summed E-state index contributed by atoms with van der Waals surface area (Å²) in [4.78, 5) is 14.5. The van der Waals surface area contributed by atoms with Crippen LogP contribution in [0.5, 0.6) is 0 Å². The van der Waals surface area contributed by atoms with E-state index >= 15 is 0 Å². The summed E-state index contributed by atoms with van der Waals surface area (Å²) in [5, 5.41) is 0. The maximum Gasteiger partial charge on any atom is 0.410 e. The molecule has 34 heavy (non-hydrogen) atoms. The van der Waals surface area contributed by atoms with Gasteiger partial charge < -0.3 is 14.2 Å². The highest BCUT2D eigenvalue weighted by atomic mass is 32.2. The van der Waals surface area contributed by atoms with Crippen LogP contribution in [0.3, 0.4) is 0 Å². The average Bonchev–Trinajstić information content (AvgIpc) is 2.96. The molecule has 1 saturated heterocycles. The highest BCUT2D eigenvalue weighted by Crippen LogP contribution is 2.52. The smallest absolute Gasteiger partial charge is 0.410 e. The molecule has 0 bridgehead atoms. The quantitative estimate of drug-likeness (QED) is 0.326. The summed E-state index contributed by atoms with van der Waals surface area (Å²) in [7, 11) is -1.46.